The number of piperidine rings is 1. The summed E-state index contributed by atoms with van der Waals surface area (Å²) >= 11 is 0. The molecular formula is C19H23N7O. The van der Waals surface area contributed by atoms with Gasteiger partial charge in [-0.1, -0.05) is 0 Å². The maximum atomic E-state index is 12.3. The number of hydrogen-bond acceptors (Lipinski definition) is 5. The molecule has 140 valence electrons. The lowest BCUT2D eigenvalue weighted by molar-refractivity contribution is 0.221. The van der Waals surface area contributed by atoms with Crippen molar-refractivity contribution in [2.75, 3.05) is 25.5 Å². The van der Waals surface area contributed by atoms with Gasteiger partial charge in [0.05, 0.1) is 17.9 Å². The molecule has 0 saturated carbocycles. The molecule has 1 fully saturated rings. The second kappa shape index (κ2) is 7.32. The van der Waals surface area contributed by atoms with Crippen LogP contribution in [0.3, 0.4) is 0 Å². The van der Waals surface area contributed by atoms with Gasteiger partial charge in [-0.3, -0.25) is 15.0 Å². The van der Waals surface area contributed by atoms with E-state index in [1.165, 1.54) is 0 Å². The van der Waals surface area contributed by atoms with Crippen LogP contribution in [0.1, 0.15) is 12.8 Å². The minimum absolute atomic E-state index is 0.209. The number of amides is 2. The molecule has 2 amide bonds. The first kappa shape index (κ1) is 17.4. The van der Waals surface area contributed by atoms with Crippen LogP contribution >= 0.6 is 0 Å². The number of rotatable bonds is 3. The Hall–Kier alpha value is -3.00. The van der Waals surface area contributed by atoms with Gasteiger partial charge >= 0.3 is 6.03 Å². The first-order chi connectivity index (χ1) is 13.1. The van der Waals surface area contributed by atoms with Crippen LogP contribution in [0.4, 0.5) is 10.6 Å². The number of nitrogens with one attached hydrogen (secondary N) is 2. The molecule has 0 radical (unpaired) electrons. The van der Waals surface area contributed by atoms with Crippen LogP contribution in [0.25, 0.3) is 22.0 Å². The Morgan fingerprint density at radius 2 is 1.89 bits per heavy atom. The number of aromatic nitrogens is 4. The van der Waals surface area contributed by atoms with E-state index in [0.29, 0.717) is 5.82 Å². The third-order valence-corrected chi connectivity index (χ3v) is 4.90. The summed E-state index contributed by atoms with van der Waals surface area (Å²) in [7, 11) is 3.98. The SMILES string of the molecule is CN1CCC(NC(=O)Nc2cc3cc(-c4cnn(C)c4)cnc3cn2)CC1. The van der Waals surface area contributed by atoms with Gasteiger partial charge in [0, 0.05) is 42.0 Å². The number of aryl methyl sites for hydroxylation is 1. The number of likely N-dealkylation sites (tertiary alicyclic amines) is 1. The van der Waals surface area contributed by atoms with Gasteiger partial charge in [-0.25, -0.2) is 9.78 Å². The highest BCUT2D eigenvalue weighted by atomic mass is 16.2. The Labute approximate surface area is 157 Å². The molecule has 3 aromatic heterocycles. The number of hydrogen-bond donors (Lipinski definition) is 2. The molecule has 1 aliphatic heterocycles. The highest BCUT2D eigenvalue weighted by Gasteiger charge is 2.18. The van der Waals surface area contributed by atoms with E-state index in [-0.39, 0.29) is 12.1 Å². The molecule has 1 saturated heterocycles. The molecule has 3 aromatic rings. The van der Waals surface area contributed by atoms with Gasteiger partial charge in [-0.05, 0) is 45.1 Å². The number of urea groups is 1. The molecule has 0 spiro atoms. The molecular weight excluding hydrogens is 342 g/mol. The summed E-state index contributed by atoms with van der Waals surface area (Å²) < 4.78 is 1.76. The fourth-order valence-corrected chi connectivity index (χ4v) is 3.32. The average molecular weight is 365 g/mol. The molecule has 8 heteroatoms. The van der Waals surface area contributed by atoms with E-state index in [1.54, 1.807) is 23.3 Å². The minimum Gasteiger partial charge on any atom is -0.335 e. The number of anilines is 1. The average Bonchev–Trinajstić information content (AvgIpc) is 3.09. The summed E-state index contributed by atoms with van der Waals surface area (Å²) in [6, 6.07) is 3.87. The number of carbonyl (C=O) groups is 1. The van der Waals surface area contributed by atoms with Crippen LogP contribution in [-0.2, 0) is 7.05 Å². The molecule has 0 atom stereocenters. The van der Waals surface area contributed by atoms with Crippen molar-refractivity contribution in [3.05, 3.63) is 36.9 Å². The van der Waals surface area contributed by atoms with Crippen molar-refractivity contribution in [1.29, 1.82) is 0 Å². The Morgan fingerprint density at radius 3 is 2.63 bits per heavy atom. The highest BCUT2D eigenvalue weighted by molar-refractivity contribution is 5.91. The topological polar surface area (TPSA) is 88.0 Å². The normalized spacial score (nSPS) is 15.8. The lowest BCUT2D eigenvalue weighted by atomic mass is 10.1. The Bertz CT molecular complexity index is 960. The largest absolute Gasteiger partial charge is 0.335 e. The van der Waals surface area contributed by atoms with Crippen molar-refractivity contribution in [2.45, 2.75) is 18.9 Å². The Kier molecular flexibility index (Phi) is 4.72. The summed E-state index contributed by atoms with van der Waals surface area (Å²) in [5.41, 5.74) is 2.76. The lowest BCUT2D eigenvalue weighted by Crippen LogP contribution is -2.44. The summed E-state index contributed by atoms with van der Waals surface area (Å²) in [6.45, 7) is 2.00. The molecule has 0 aromatic carbocycles. The van der Waals surface area contributed by atoms with Gasteiger partial charge < -0.3 is 10.2 Å². The van der Waals surface area contributed by atoms with Crippen LogP contribution in [0, 0.1) is 0 Å². The number of nitrogens with zero attached hydrogens (tertiary/aromatic N) is 5. The van der Waals surface area contributed by atoms with Gasteiger partial charge in [-0.15, -0.1) is 0 Å². The second-order valence-electron chi connectivity index (χ2n) is 7.06. The molecule has 2 N–H and O–H groups in total. The van der Waals surface area contributed by atoms with Crippen molar-refractivity contribution in [3.8, 4) is 11.1 Å². The van der Waals surface area contributed by atoms with Crippen LogP contribution in [0.15, 0.2) is 36.9 Å². The summed E-state index contributed by atoms with van der Waals surface area (Å²) in [5, 5.41) is 11.0. The first-order valence-corrected chi connectivity index (χ1v) is 9.08. The van der Waals surface area contributed by atoms with E-state index in [4.69, 9.17) is 0 Å². The third kappa shape index (κ3) is 4.06. The van der Waals surface area contributed by atoms with Crippen molar-refractivity contribution in [2.24, 2.45) is 7.05 Å². The maximum absolute atomic E-state index is 12.3. The van der Waals surface area contributed by atoms with Crippen molar-refractivity contribution in [3.63, 3.8) is 0 Å². The minimum atomic E-state index is -0.215. The molecule has 4 rings (SSSR count). The Morgan fingerprint density at radius 1 is 1.07 bits per heavy atom. The van der Waals surface area contributed by atoms with Crippen LogP contribution in [0.5, 0.6) is 0 Å². The zero-order valence-electron chi connectivity index (χ0n) is 15.5. The van der Waals surface area contributed by atoms with Gasteiger partial charge in [0.2, 0.25) is 0 Å². The van der Waals surface area contributed by atoms with Gasteiger partial charge in [0.25, 0.3) is 0 Å². The summed E-state index contributed by atoms with van der Waals surface area (Å²) in [6.07, 6.45) is 9.16. The molecule has 0 unspecified atom stereocenters. The zero-order valence-corrected chi connectivity index (χ0v) is 15.5. The van der Waals surface area contributed by atoms with Crippen LogP contribution < -0.4 is 10.6 Å². The predicted octanol–water partition coefficient (Wildman–Crippen LogP) is 2.25. The van der Waals surface area contributed by atoms with E-state index in [9.17, 15) is 4.79 Å². The van der Waals surface area contributed by atoms with Crippen molar-refractivity contribution < 1.29 is 4.79 Å². The fraction of sp³-hybridized carbons (Fsp3) is 0.368. The number of carbonyl (C=O) groups excluding carboxylic acids is 1. The predicted molar refractivity (Wildman–Crippen MR) is 104 cm³/mol. The summed E-state index contributed by atoms with van der Waals surface area (Å²) in [5.74, 6) is 0.512. The molecule has 0 aliphatic carbocycles. The van der Waals surface area contributed by atoms with E-state index in [0.717, 1.165) is 48.0 Å². The smallest absolute Gasteiger partial charge is 0.320 e. The molecule has 8 nitrogen and oxygen atoms in total. The van der Waals surface area contributed by atoms with E-state index in [2.05, 4.69) is 37.6 Å². The molecule has 1 aliphatic rings. The summed E-state index contributed by atoms with van der Waals surface area (Å²) in [4.78, 5) is 23.3. The van der Waals surface area contributed by atoms with Crippen molar-refractivity contribution >= 4 is 22.8 Å². The van der Waals surface area contributed by atoms with E-state index < -0.39 is 0 Å². The van der Waals surface area contributed by atoms with Crippen molar-refractivity contribution in [1.82, 2.24) is 30.0 Å². The van der Waals surface area contributed by atoms with Gasteiger partial charge in [-0.2, -0.15) is 5.10 Å². The zero-order chi connectivity index (χ0) is 18.8. The van der Waals surface area contributed by atoms with Gasteiger partial charge in [0.15, 0.2) is 0 Å². The third-order valence-electron chi connectivity index (χ3n) is 4.90. The molecule has 4 heterocycles. The maximum Gasteiger partial charge on any atom is 0.320 e. The fourth-order valence-electron chi connectivity index (χ4n) is 3.32. The monoisotopic (exact) mass is 365 g/mol. The first-order valence-electron chi connectivity index (χ1n) is 9.08. The van der Waals surface area contributed by atoms with E-state index >= 15 is 0 Å². The second-order valence-corrected chi connectivity index (χ2v) is 7.06. The highest BCUT2D eigenvalue weighted by Crippen LogP contribution is 2.23. The standard InChI is InChI=1S/C19H23N7O/c1-25-5-3-16(4-6-25)23-19(27)24-18-8-13-7-14(9-20-17(13)11-21-18)15-10-22-26(2)12-15/h7-12,16H,3-6H2,1-2H3,(H2,21,23,24,27). The van der Waals surface area contributed by atoms with Crippen LogP contribution in [-0.4, -0.2) is 56.9 Å². The number of fused-ring (bicyclic) bond motifs is 1. The Balaban J connectivity index is 1.48. The quantitative estimate of drug-likeness (QED) is 0.743. The van der Waals surface area contributed by atoms with E-state index in [1.807, 2.05) is 25.4 Å². The van der Waals surface area contributed by atoms with Gasteiger partial charge in [0.1, 0.15) is 5.82 Å². The number of pyridine rings is 2. The van der Waals surface area contributed by atoms with Crippen LogP contribution in [0.2, 0.25) is 0 Å². The lowest BCUT2D eigenvalue weighted by Gasteiger charge is -2.29. The molecule has 0 bridgehead atoms. The molecule has 27 heavy (non-hydrogen) atoms.